The second kappa shape index (κ2) is 9.43. The molecule has 1 aromatic rings. The lowest BCUT2D eigenvalue weighted by molar-refractivity contribution is -0.116. The van der Waals surface area contributed by atoms with E-state index in [9.17, 15) is 9.59 Å². The highest BCUT2D eigenvalue weighted by atomic mass is 35.5. The summed E-state index contributed by atoms with van der Waals surface area (Å²) in [6.07, 6.45) is 4.41. The Morgan fingerprint density at radius 2 is 1.91 bits per heavy atom. The van der Waals surface area contributed by atoms with Crippen molar-refractivity contribution in [3.63, 3.8) is 0 Å². The van der Waals surface area contributed by atoms with Crippen LogP contribution in [0.5, 0.6) is 0 Å². The number of nitrogens with zero attached hydrogens (tertiary/aromatic N) is 1. The first-order valence-corrected chi connectivity index (χ1v) is 7.60. The second-order valence-corrected chi connectivity index (χ2v) is 5.37. The quantitative estimate of drug-likeness (QED) is 0.873. The van der Waals surface area contributed by atoms with Crippen molar-refractivity contribution in [2.24, 2.45) is 5.73 Å². The first kappa shape index (κ1) is 18.5. The Kier molecular flexibility index (Phi) is 7.91. The fraction of sp³-hybridized carbons (Fsp3) is 0.500. The van der Waals surface area contributed by atoms with Crippen LogP contribution in [-0.2, 0) is 4.79 Å². The van der Waals surface area contributed by atoms with E-state index in [1.54, 1.807) is 24.3 Å². The van der Waals surface area contributed by atoms with E-state index in [4.69, 9.17) is 5.73 Å². The number of nitrogens with one attached hydrogen (secondary N) is 1. The highest BCUT2D eigenvalue weighted by molar-refractivity contribution is 5.97. The molecule has 3 N–H and O–H groups in total. The summed E-state index contributed by atoms with van der Waals surface area (Å²) in [5, 5.41) is 2.81. The molecule has 1 aliphatic heterocycles. The van der Waals surface area contributed by atoms with Crippen LogP contribution in [0.25, 0.3) is 0 Å². The SMILES string of the molecule is Cl.NCCCC(=O)Nc1cccc(C(=O)N2CCCCC2)c1. The molecule has 1 heterocycles. The Balaban J connectivity index is 0.00000242. The second-order valence-electron chi connectivity index (χ2n) is 5.37. The Bertz CT molecular complexity index is 502. The highest BCUT2D eigenvalue weighted by Gasteiger charge is 2.18. The molecule has 0 atom stereocenters. The molecule has 6 heteroatoms. The van der Waals surface area contributed by atoms with E-state index in [1.807, 2.05) is 4.90 Å². The maximum atomic E-state index is 12.4. The van der Waals surface area contributed by atoms with Gasteiger partial charge < -0.3 is 16.0 Å². The van der Waals surface area contributed by atoms with Crippen LogP contribution in [0, 0.1) is 0 Å². The van der Waals surface area contributed by atoms with Gasteiger partial charge in [-0.15, -0.1) is 12.4 Å². The molecule has 0 spiro atoms. The topological polar surface area (TPSA) is 75.4 Å². The number of halogens is 1. The van der Waals surface area contributed by atoms with Gasteiger partial charge in [-0.05, 0) is 50.4 Å². The van der Waals surface area contributed by atoms with Crippen LogP contribution >= 0.6 is 12.4 Å². The summed E-state index contributed by atoms with van der Waals surface area (Å²) in [4.78, 5) is 26.0. The third-order valence-corrected chi connectivity index (χ3v) is 3.64. The van der Waals surface area contributed by atoms with Crippen molar-refractivity contribution in [3.05, 3.63) is 29.8 Å². The maximum Gasteiger partial charge on any atom is 0.253 e. The summed E-state index contributed by atoms with van der Waals surface area (Å²) in [6, 6.07) is 7.15. The third kappa shape index (κ3) is 5.31. The van der Waals surface area contributed by atoms with Crippen molar-refractivity contribution in [1.29, 1.82) is 0 Å². The zero-order valence-corrected chi connectivity index (χ0v) is 13.5. The molecule has 5 nitrogen and oxygen atoms in total. The van der Waals surface area contributed by atoms with Crippen molar-refractivity contribution in [3.8, 4) is 0 Å². The van der Waals surface area contributed by atoms with Gasteiger partial charge in [0.25, 0.3) is 5.91 Å². The first-order chi connectivity index (χ1) is 10.2. The van der Waals surface area contributed by atoms with Crippen molar-refractivity contribution < 1.29 is 9.59 Å². The van der Waals surface area contributed by atoms with Crippen LogP contribution in [0.2, 0.25) is 0 Å². The standard InChI is InChI=1S/C16H23N3O2.ClH/c17-9-5-8-15(20)18-14-7-4-6-13(12-14)16(21)19-10-2-1-3-11-19;/h4,6-7,12H,1-3,5,8-11,17H2,(H,18,20);1H. The molecular formula is C16H24ClN3O2. The van der Waals surface area contributed by atoms with Gasteiger partial charge in [-0.25, -0.2) is 0 Å². The number of carbonyl (C=O) groups excluding carboxylic acids is 2. The maximum absolute atomic E-state index is 12.4. The lowest BCUT2D eigenvalue weighted by atomic mass is 10.1. The zero-order valence-electron chi connectivity index (χ0n) is 12.7. The van der Waals surface area contributed by atoms with Crippen LogP contribution in [0.4, 0.5) is 5.69 Å². The Hall–Kier alpha value is -1.59. The molecule has 22 heavy (non-hydrogen) atoms. The van der Waals surface area contributed by atoms with E-state index in [-0.39, 0.29) is 24.2 Å². The number of rotatable bonds is 5. The largest absolute Gasteiger partial charge is 0.339 e. The summed E-state index contributed by atoms with van der Waals surface area (Å²) < 4.78 is 0. The van der Waals surface area contributed by atoms with E-state index in [2.05, 4.69) is 5.32 Å². The molecule has 1 aliphatic rings. The van der Waals surface area contributed by atoms with Crippen molar-refractivity contribution in [2.75, 3.05) is 25.0 Å². The number of likely N-dealkylation sites (tertiary alicyclic amines) is 1. The molecule has 0 saturated carbocycles. The fourth-order valence-electron chi connectivity index (χ4n) is 2.50. The number of piperidine rings is 1. The molecule has 1 aromatic carbocycles. The number of anilines is 1. The summed E-state index contributed by atoms with van der Waals surface area (Å²) in [5.41, 5.74) is 6.69. The van der Waals surface area contributed by atoms with Crippen LogP contribution < -0.4 is 11.1 Å². The minimum Gasteiger partial charge on any atom is -0.339 e. The molecule has 0 aliphatic carbocycles. The monoisotopic (exact) mass is 325 g/mol. The van der Waals surface area contributed by atoms with E-state index in [0.29, 0.717) is 30.6 Å². The molecule has 1 saturated heterocycles. The zero-order chi connectivity index (χ0) is 15.1. The molecule has 0 bridgehead atoms. The van der Waals surface area contributed by atoms with Crippen LogP contribution in [0.15, 0.2) is 24.3 Å². The number of hydrogen-bond acceptors (Lipinski definition) is 3. The van der Waals surface area contributed by atoms with Gasteiger partial charge in [0.05, 0.1) is 0 Å². The number of carbonyl (C=O) groups is 2. The first-order valence-electron chi connectivity index (χ1n) is 7.60. The third-order valence-electron chi connectivity index (χ3n) is 3.64. The molecule has 0 unspecified atom stereocenters. The van der Waals surface area contributed by atoms with Gasteiger partial charge in [0, 0.05) is 30.8 Å². The molecular weight excluding hydrogens is 302 g/mol. The number of amides is 2. The number of nitrogens with two attached hydrogens (primary N) is 1. The highest BCUT2D eigenvalue weighted by Crippen LogP contribution is 2.16. The Morgan fingerprint density at radius 1 is 1.18 bits per heavy atom. The molecule has 2 amide bonds. The van der Waals surface area contributed by atoms with Gasteiger partial charge in [0.2, 0.25) is 5.91 Å². The van der Waals surface area contributed by atoms with Gasteiger partial charge in [-0.3, -0.25) is 9.59 Å². The molecule has 122 valence electrons. The minimum atomic E-state index is -0.0666. The molecule has 0 aromatic heterocycles. The van der Waals surface area contributed by atoms with E-state index in [0.717, 1.165) is 25.9 Å². The summed E-state index contributed by atoms with van der Waals surface area (Å²) >= 11 is 0. The molecule has 2 rings (SSSR count). The predicted molar refractivity (Wildman–Crippen MR) is 90.4 cm³/mol. The van der Waals surface area contributed by atoms with Gasteiger partial charge in [0.1, 0.15) is 0 Å². The van der Waals surface area contributed by atoms with Gasteiger partial charge in [0.15, 0.2) is 0 Å². The Morgan fingerprint density at radius 3 is 2.59 bits per heavy atom. The van der Waals surface area contributed by atoms with Crippen molar-refractivity contribution in [1.82, 2.24) is 4.90 Å². The summed E-state index contributed by atoms with van der Waals surface area (Å²) in [5.74, 6) is -0.0178. The summed E-state index contributed by atoms with van der Waals surface area (Å²) in [6.45, 7) is 2.15. The van der Waals surface area contributed by atoms with Crippen LogP contribution in [-0.4, -0.2) is 36.3 Å². The normalized spacial score (nSPS) is 14.1. The van der Waals surface area contributed by atoms with E-state index < -0.39 is 0 Å². The van der Waals surface area contributed by atoms with Crippen LogP contribution in [0.1, 0.15) is 42.5 Å². The minimum absolute atomic E-state index is 0. The smallest absolute Gasteiger partial charge is 0.253 e. The van der Waals surface area contributed by atoms with Gasteiger partial charge in [-0.2, -0.15) is 0 Å². The van der Waals surface area contributed by atoms with E-state index >= 15 is 0 Å². The summed E-state index contributed by atoms with van der Waals surface area (Å²) in [7, 11) is 0. The lowest BCUT2D eigenvalue weighted by Gasteiger charge is -2.26. The van der Waals surface area contributed by atoms with Crippen molar-refractivity contribution in [2.45, 2.75) is 32.1 Å². The van der Waals surface area contributed by atoms with E-state index in [1.165, 1.54) is 6.42 Å². The average Bonchev–Trinajstić information content (AvgIpc) is 2.53. The predicted octanol–water partition coefficient (Wildman–Crippen LogP) is 2.41. The van der Waals surface area contributed by atoms with Gasteiger partial charge in [-0.1, -0.05) is 6.07 Å². The fourth-order valence-corrected chi connectivity index (χ4v) is 2.50. The number of benzene rings is 1. The van der Waals surface area contributed by atoms with Crippen LogP contribution in [0.3, 0.4) is 0 Å². The van der Waals surface area contributed by atoms with Crippen molar-refractivity contribution >= 4 is 29.9 Å². The molecule has 1 fully saturated rings. The molecule has 0 radical (unpaired) electrons. The average molecular weight is 326 g/mol. The Labute approximate surface area is 137 Å². The number of hydrogen-bond donors (Lipinski definition) is 2. The van der Waals surface area contributed by atoms with Gasteiger partial charge >= 0.3 is 0 Å². The lowest BCUT2D eigenvalue weighted by Crippen LogP contribution is -2.35.